The number of hydrogen-bond acceptors (Lipinski definition) is 6. The standard InChI is InChI=1S/C23H17FN6O/c24-18-15-16(23-26-12-4-13-27-23)7-8-20(18)30-14-10-21(31)22(29-30)19(9-11-25)28-17-5-2-1-3-6-17/h1-15,25,28H/b19-9-,25-11?. The maximum absolute atomic E-state index is 14.9. The number of rotatable bonds is 6. The summed E-state index contributed by atoms with van der Waals surface area (Å²) in [5.41, 5.74) is 1.45. The van der Waals surface area contributed by atoms with Crippen LogP contribution in [-0.4, -0.2) is 26.0 Å². The highest BCUT2D eigenvalue weighted by atomic mass is 19.1. The molecule has 0 radical (unpaired) electrons. The molecular weight excluding hydrogens is 395 g/mol. The Bertz CT molecular complexity index is 1300. The Kier molecular flexibility index (Phi) is 5.70. The van der Waals surface area contributed by atoms with E-state index in [1.165, 1.54) is 29.1 Å². The van der Waals surface area contributed by atoms with Crippen LogP contribution in [0.5, 0.6) is 0 Å². The largest absolute Gasteiger partial charge is 0.354 e. The lowest BCUT2D eigenvalue weighted by Gasteiger charge is -2.13. The quantitative estimate of drug-likeness (QED) is 0.468. The summed E-state index contributed by atoms with van der Waals surface area (Å²) in [6.07, 6.45) is 7.04. The molecule has 0 saturated carbocycles. The van der Waals surface area contributed by atoms with Gasteiger partial charge in [-0.15, -0.1) is 0 Å². The van der Waals surface area contributed by atoms with Crippen molar-refractivity contribution in [3.63, 3.8) is 0 Å². The number of anilines is 1. The predicted molar refractivity (Wildman–Crippen MR) is 118 cm³/mol. The summed E-state index contributed by atoms with van der Waals surface area (Å²) in [7, 11) is 0. The van der Waals surface area contributed by atoms with Crippen LogP contribution in [0.25, 0.3) is 22.8 Å². The van der Waals surface area contributed by atoms with Crippen LogP contribution < -0.4 is 10.7 Å². The number of benzene rings is 2. The smallest absolute Gasteiger partial charge is 0.209 e. The molecule has 0 fully saturated rings. The molecule has 0 saturated heterocycles. The first-order valence-corrected chi connectivity index (χ1v) is 9.36. The molecule has 2 aromatic heterocycles. The Hall–Kier alpha value is -4.46. The van der Waals surface area contributed by atoms with E-state index in [4.69, 9.17) is 5.41 Å². The number of nitrogens with one attached hydrogen (secondary N) is 2. The number of para-hydroxylation sites is 1. The molecule has 31 heavy (non-hydrogen) atoms. The van der Waals surface area contributed by atoms with Gasteiger partial charge in [-0.05, 0) is 42.5 Å². The van der Waals surface area contributed by atoms with Crippen molar-refractivity contribution in [1.29, 1.82) is 5.41 Å². The van der Waals surface area contributed by atoms with E-state index in [2.05, 4.69) is 20.4 Å². The van der Waals surface area contributed by atoms with E-state index < -0.39 is 5.82 Å². The van der Waals surface area contributed by atoms with Gasteiger partial charge in [0.2, 0.25) is 5.43 Å². The molecule has 7 nitrogen and oxygen atoms in total. The van der Waals surface area contributed by atoms with Crippen LogP contribution in [0.4, 0.5) is 10.1 Å². The lowest BCUT2D eigenvalue weighted by atomic mass is 10.2. The van der Waals surface area contributed by atoms with Gasteiger partial charge in [-0.25, -0.2) is 19.0 Å². The second-order valence-electron chi connectivity index (χ2n) is 6.45. The van der Waals surface area contributed by atoms with Crippen LogP contribution in [0.2, 0.25) is 0 Å². The fourth-order valence-corrected chi connectivity index (χ4v) is 2.95. The number of nitrogens with zero attached hydrogens (tertiary/aromatic N) is 4. The van der Waals surface area contributed by atoms with Crippen molar-refractivity contribution in [2.45, 2.75) is 0 Å². The molecule has 4 aromatic rings. The lowest BCUT2D eigenvalue weighted by Crippen LogP contribution is -2.19. The van der Waals surface area contributed by atoms with E-state index in [0.717, 1.165) is 11.9 Å². The van der Waals surface area contributed by atoms with Crippen LogP contribution in [0.3, 0.4) is 0 Å². The minimum atomic E-state index is -0.541. The first kappa shape index (κ1) is 19.8. The Morgan fingerprint density at radius 1 is 1.03 bits per heavy atom. The maximum Gasteiger partial charge on any atom is 0.209 e. The number of aromatic nitrogens is 4. The summed E-state index contributed by atoms with van der Waals surface area (Å²) in [6, 6.07) is 16.7. The van der Waals surface area contributed by atoms with Crippen molar-refractivity contribution in [2.24, 2.45) is 0 Å². The van der Waals surface area contributed by atoms with Crippen LogP contribution in [0.1, 0.15) is 5.69 Å². The highest BCUT2D eigenvalue weighted by molar-refractivity contribution is 5.86. The average Bonchev–Trinajstić information content (AvgIpc) is 2.80. The topological polar surface area (TPSA) is 96.6 Å². The summed E-state index contributed by atoms with van der Waals surface area (Å²) in [4.78, 5) is 20.7. The second kappa shape index (κ2) is 8.91. The molecule has 0 aliphatic heterocycles. The number of allylic oxidation sites excluding steroid dienone is 1. The SMILES string of the molecule is N=C/C=C(\Nc1ccccc1)c1nn(-c2ccc(-c3ncccn3)cc2F)ccc1=O. The summed E-state index contributed by atoms with van der Waals surface area (Å²) in [6.45, 7) is 0. The van der Waals surface area contributed by atoms with Crippen LogP contribution in [0.15, 0.2) is 90.1 Å². The van der Waals surface area contributed by atoms with Gasteiger partial charge in [0, 0.05) is 42.1 Å². The van der Waals surface area contributed by atoms with Crippen molar-refractivity contribution in [2.75, 3.05) is 5.32 Å². The molecule has 0 aliphatic rings. The Morgan fingerprint density at radius 2 is 1.81 bits per heavy atom. The molecule has 0 atom stereocenters. The average molecular weight is 412 g/mol. The molecular formula is C23H17FN6O. The van der Waals surface area contributed by atoms with Gasteiger partial charge in [0.1, 0.15) is 11.5 Å². The third kappa shape index (κ3) is 4.43. The van der Waals surface area contributed by atoms with Gasteiger partial charge in [-0.1, -0.05) is 18.2 Å². The van der Waals surface area contributed by atoms with Gasteiger partial charge in [0.05, 0.1) is 5.70 Å². The molecule has 0 unspecified atom stereocenters. The molecule has 2 N–H and O–H groups in total. The summed E-state index contributed by atoms with van der Waals surface area (Å²) < 4.78 is 16.2. The van der Waals surface area contributed by atoms with Crippen molar-refractivity contribution in [3.8, 4) is 17.1 Å². The van der Waals surface area contributed by atoms with E-state index in [0.29, 0.717) is 17.1 Å². The summed E-state index contributed by atoms with van der Waals surface area (Å²) in [5.74, 6) is -0.134. The summed E-state index contributed by atoms with van der Waals surface area (Å²) >= 11 is 0. The predicted octanol–water partition coefficient (Wildman–Crippen LogP) is 3.93. The first-order valence-electron chi connectivity index (χ1n) is 9.36. The molecule has 4 rings (SSSR count). The van der Waals surface area contributed by atoms with Crippen LogP contribution in [0, 0.1) is 11.2 Å². The minimum absolute atomic E-state index is 0.0599. The molecule has 152 valence electrons. The van der Waals surface area contributed by atoms with E-state index in [9.17, 15) is 9.18 Å². The molecule has 0 aliphatic carbocycles. The fraction of sp³-hybridized carbons (Fsp3) is 0. The molecule has 2 aromatic carbocycles. The van der Waals surface area contributed by atoms with Gasteiger partial charge in [-0.2, -0.15) is 5.10 Å². The van der Waals surface area contributed by atoms with E-state index >= 15 is 0 Å². The highest BCUT2D eigenvalue weighted by Crippen LogP contribution is 2.21. The van der Waals surface area contributed by atoms with E-state index in [1.54, 1.807) is 30.6 Å². The Morgan fingerprint density at radius 3 is 2.52 bits per heavy atom. The third-order valence-corrected chi connectivity index (χ3v) is 4.38. The van der Waals surface area contributed by atoms with Crippen LogP contribution >= 0.6 is 0 Å². The zero-order chi connectivity index (χ0) is 21.6. The van der Waals surface area contributed by atoms with Gasteiger partial charge in [0.25, 0.3) is 0 Å². The van der Waals surface area contributed by atoms with Crippen LogP contribution in [-0.2, 0) is 0 Å². The second-order valence-corrected chi connectivity index (χ2v) is 6.45. The van der Waals surface area contributed by atoms with E-state index in [-0.39, 0.29) is 16.8 Å². The number of halogens is 1. The zero-order valence-electron chi connectivity index (χ0n) is 16.2. The number of hydrogen-bond donors (Lipinski definition) is 2. The monoisotopic (exact) mass is 412 g/mol. The van der Waals surface area contributed by atoms with Crippen molar-refractivity contribution < 1.29 is 4.39 Å². The molecule has 0 amide bonds. The van der Waals surface area contributed by atoms with Crippen molar-refractivity contribution in [1.82, 2.24) is 19.7 Å². The maximum atomic E-state index is 14.9. The zero-order valence-corrected chi connectivity index (χ0v) is 16.2. The van der Waals surface area contributed by atoms with Gasteiger partial charge in [-0.3, -0.25) is 4.79 Å². The van der Waals surface area contributed by atoms with Gasteiger partial charge < -0.3 is 10.7 Å². The Balaban J connectivity index is 1.73. The molecule has 0 spiro atoms. The third-order valence-electron chi connectivity index (χ3n) is 4.38. The normalized spacial score (nSPS) is 11.2. The van der Waals surface area contributed by atoms with Gasteiger partial charge >= 0.3 is 0 Å². The molecule has 2 heterocycles. The molecule has 8 heteroatoms. The fourth-order valence-electron chi connectivity index (χ4n) is 2.95. The molecule has 0 bridgehead atoms. The first-order chi connectivity index (χ1) is 15.2. The minimum Gasteiger partial charge on any atom is -0.354 e. The highest BCUT2D eigenvalue weighted by Gasteiger charge is 2.13. The van der Waals surface area contributed by atoms with Crippen molar-refractivity contribution >= 4 is 17.6 Å². The lowest BCUT2D eigenvalue weighted by molar-refractivity contribution is 0.608. The summed E-state index contributed by atoms with van der Waals surface area (Å²) in [5, 5.41) is 14.8. The van der Waals surface area contributed by atoms with Crippen molar-refractivity contribution in [3.05, 3.63) is 107 Å². The van der Waals surface area contributed by atoms with Gasteiger partial charge in [0.15, 0.2) is 11.5 Å². The van der Waals surface area contributed by atoms with E-state index in [1.807, 2.05) is 30.3 Å². The Labute approximate surface area is 177 Å².